The van der Waals surface area contributed by atoms with Crippen molar-refractivity contribution in [2.75, 3.05) is 33.8 Å². The van der Waals surface area contributed by atoms with Crippen molar-refractivity contribution in [1.29, 1.82) is 0 Å². The number of rotatable bonds is 7. The minimum absolute atomic E-state index is 0.0851. The molecule has 7 heteroatoms. The molecule has 1 saturated heterocycles. The molecule has 0 aliphatic carbocycles. The summed E-state index contributed by atoms with van der Waals surface area (Å²) in [4.78, 5) is 14.6. The summed E-state index contributed by atoms with van der Waals surface area (Å²) in [5.74, 6) is 0.668. The summed E-state index contributed by atoms with van der Waals surface area (Å²) >= 11 is 0. The predicted molar refractivity (Wildman–Crippen MR) is 117 cm³/mol. The molecule has 0 saturated carbocycles. The molecule has 0 atom stereocenters. The van der Waals surface area contributed by atoms with Crippen molar-refractivity contribution in [1.82, 2.24) is 9.21 Å². The van der Waals surface area contributed by atoms with Crippen molar-refractivity contribution in [3.63, 3.8) is 0 Å². The normalized spacial score (nSPS) is 15.4. The van der Waals surface area contributed by atoms with Crippen LogP contribution in [0.4, 0.5) is 0 Å². The zero-order valence-corrected chi connectivity index (χ0v) is 18.7. The van der Waals surface area contributed by atoms with E-state index in [-0.39, 0.29) is 23.1 Å². The van der Waals surface area contributed by atoms with Gasteiger partial charge in [0.1, 0.15) is 10.6 Å². The maximum atomic E-state index is 13.0. The number of likely N-dealkylation sites (N-methyl/N-ethyl adjacent to an activating group) is 1. The number of benzene rings is 2. The van der Waals surface area contributed by atoms with Gasteiger partial charge in [-0.1, -0.05) is 36.4 Å². The fraction of sp³-hybridized carbons (Fsp3) is 0.435. The van der Waals surface area contributed by atoms with Crippen molar-refractivity contribution >= 4 is 15.9 Å². The third-order valence-corrected chi connectivity index (χ3v) is 7.52. The fourth-order valence-corrected chi connectivity index (χ4v) is 5.22. The van der Waals surface area contributed by atoms with Gasteiger partial charge in [0.05, 0.1) is 13.7 Å². The molecular weight excluding hydrogens is 400 g/mol. The molecule has 6 nitrogen and oxygen atoms in total. The number of hydrogen-bond acceptors (Lipinski definition) is 4. The van der Waals surface area contributed by atoms with Gasteiger partial charge in [-0.25, -0.2) is 8.42 Å². The average molecular weight is 431 g/mol. The average Bonchev–Trinajstić information content (AvgIpc) is 2.74. The number of likely N-dealkylation sites (tertiary alicyclic amines) is 1. The van der Waals surface area contributed by atoms with Crippen molar-refractivity contribution < 1.29 is 17.9 Å². The van der Waals surface area contributed by atoms with Gasteiger partial charge in [0.15, 0.2) is 0 Å². The molecule has 0 aromatic heterocycles. The van der Waals surface area contributed by atoms with E-state index in [1.54, 1.807) is 23.1 Å². The Morgan fingerprint density at radius 1 is 1.13 bits per heavy atom. The van der Waals surface area contributed by atoms with E-state index in [1.165, 1.54) is 19.7 Å². The lowest BCUT2D eigenvalue weighted by Gasteiger charge is -2.33. The first-order valence-electron chi connectivity index (χ1n) is 10.2. The van der Waals surface area contributed by atoms with Crippen LogP contribution in [-0.4, -0.2) is 57.3 Å². The van der Waals surface area contributed by atoms with Crippen LogP contribution in [0.1, 0.15) is 24.0 Å². The van der Waals surface area contributed by atoms with E-state index in [1.807, 2.05) is 25.1 Å². The first-order chi connectivity index (χ1) is 14.3. The molecule has 0 unspecified atom stereocenters. The second-order valence-corrected chi connectivity index (χ2v) is 9.94. The van der Waals surface area contributed by atoms with Gasteiger partial charge >= 0.3 is 0 Å². The minimum Gasteiger partial charge on any atom is -0.495 e. The predicted octanol–water partition coefficient (Wildman–Crippen LogP) is 3.11. The van der Waals surface area contributed by atoms with Crippen molar-refractivity contribution in [2.24, 2.45) is 5.92 Å². The molecule has 1 amide bonds. The minimum atomic E-state index is -3.83. The van der Waals surface area contributed by atoms with Crippen LogP contribution < -0.4 is 4.74 Å². The smallest absolute Gasteiger partial charge is 0.246 e. The first-order valence-corrected chi connectivity index (χ1v) is 11.7. The SMILES string of the molecule is COc1ccc(C)cc1S(=O)(=O)N(C)CC(=O)N1CCC(Cc2ccccc2)CC1. The van der Waals surface area contributed by atoms with Crippen molar-refractivity contribution in [2.45, 2.75) is 31.1 Å². The molecule has 0 spiro atoms. The molecule has 1 aliphatic heterocycles. The number of carbonyl (C=O) groups is 1. The molecule has 30 heavy (non-hydrogen) atoms. The lowest BCUT2D eigenvalue weighted by Crippen LogP contribution is -2.44. The maximum Gasteiger partial charge on any atom is 0.246 e. The molecule has 1 heterocycles. The van der Waals surface area contributed by atoms with Crippen molar-refractivity contribution in [3.8, 4) is 5.75 Å². The standard InChI is InChI=1S/C23H30N2O4S/c1-18-9-10-21(29-3)22(15-18)30(27,28)24(2)17-23(26)25-13-11-20(12-14-25)16-19-7-5-4-6-8-19/h4-10,15,20H,11-14,16-17H2,1-3H3. The van der Waals surface area contributed by atoms with Crippen LogP contribution in [0, 0.1) is 12.8 Å². The Morgan fingerprint density at radius 3 is 2.43 bits per heavy atom. The molecule has 1 fully saturated rings. The molecule has 1 aliphatic rings. The lowest BCUT2D eigenvalue weighted by molar-refractivity contribution is -0.132. The van der Waals surface area contributed by atoms with Crippen LogP contribution in [0.3, 0.4) is 0 Å². The van der Waals surface area contributed by atoms with E-state index >= 15 is 0 Å². The van der Waals surface area contributed by atoms with Crippen LogP contribution >= 0.6 is 0 Å². The topological polar surface area (TPSA) is 66.9 Å². The fourth-order valence-electron chi connectivity index (χ4n) is 3.86. The molecule has 2 aromatic carbocycles. The van der Waals surface area contributed by atoms with Gasteiger partial charge < -0.3 is 9.64 Å². The van der Waals surface area contributed by atoms with Gasteiger partial charge in [-0.3, -0.25) is 4.79 Å². The monoisotopic (exact) mass is 430 g/mol. The number of amides is 1. The van der Waals surface area contributed by atoms with Crippen LogP contribution in [-0.2, 0) is 21.2 Å². The number of carbonyl (C=O) groups excluding carboxylic acids is 1. The molecule has 2 aromatic rings. The van der Waals surface area contributed by atoms with Gasteiger partial charge in [-0.05, 0) is 55.4 Å². The van der Waals surface area contributed by atoms with Crippen molar-refractivity contribution in [3.05, 3.63) is 59.7 Å². The van der Waals surface area contributed by atoms with Crippen LogP contribution in [0.5, 0.6) is 5.75 Å². The molecule has 0 radical (unpaired) electrons. The number of piperidine rings is 1. The first kappa shape index (κ1) is 22.3. The molecule has 0 bridgehead atoms. The number of sulfonamides is 1. The summed E-state index contributed by atoms with van der Waals surface area (Å²) in [6.45, 7) is 2.97. The van der Waals surface area contributed by atoms with Gasteiger partial charge in [-0.2, -0.15) is 4.31 Å². The highest BCUT2D eigenvalue weighted by Gasteiger charge is 2.29. The van der Waals surface area contributed by atoms with Crippen LogP contribution in [0.2, 0.25) is 0 Å². The molecule has 3 rings (SSSR count). The van der Waals surface area contributed by atoms with E-state index in [4.69, 9.17) is 4.74 Å². The second-order valence-electron chi connectivity index (χ2n) is 7.93. The summed E-state index contributed by atoms with van der Waals surface area (Å²) in [5, 5.41) is 0. The summed E-state index contributed by atoms with van der Waals surface area (Å²) in [5.41, 5.74) is 2.13. The summed E-state index contributed by atoms with van der Waals surface area (Å²) in [6.07, 6.45) is 2.88. The highest BCUT2D eigenvalue weighted by Crippen LogP contribution is 2.27. The second kappa shape index (κ2) is 9.62. The molecule has 0 N–H and O–H groups in total. The quantitative estimate of drug-likeness (QED) is 0.677. The lowest BCUT2D eigenvalue weighted by atomic mass is 9.90. The number of aryl methyl sites for hydroxylation is 1. The Labute approximate surface area is 179 Å². The Morgan fingerprint density at radius 2 is 1.80 bits per heavy atom. The Bertz CT molecular complexity index is 968. The van der Waals surface area contributed by atoms with Gasteiger partial charge in [-0.15, -0.1) is 0 Å². The van der Waals surface area contributed by atoms with E-state index in [9.17, 15) is 13.2 Å². The highest BCUT2D eigenvalue weighted by molar-refractivity contribution is 7.89. The molecule has 162 valence electrons. The Balaban J connectivity index is 1.59. The zero-order chi connectivity index (χ0) is 21.7. The van der Waals surface area contributed by atoms with Crippen LogP contribution in [0.15, 0.2) is 53.4 Å². The number of methoxy groups -OCH3 is 1. The number of hydrogen-bond donors (Lipinski definition) is 0. The third-order valence-electron chi connectivity index (χ3n) is 5.70. The van der Waals surface area contributed by atoms with Crippen LogP contribution in [0.25, 0.3) is 0 Å². The summed E-state index contributed by atoms with van der Waals surface area (Å²) in [6, 6.07) is 15.4. The number of ether oxygens (including phenoxy) is 1. The largest absolute Gasteiger partial charge is 0.495 e. The summed E-state index contributed by atoms with van der Waals surface area (Å²) in [7, 11) is -0.948. The van der Waals surface area contributed by atoms with E-state index in [2.05, 4.69) is 12.1 Å². The number of nitrogens with zero attached hydrogens (tertiary/aromatic N) is 2. The van der Waals surface area contributed by atoms with Gasteiger partial charge in [0.25, 0.3) is 0 Å². The maximum absolute atomic E-state index is 13.0. The highest BCUT2D eigenvalue weighted by atomic mass is 32.2. The Kier molecular flexibility index (Phi) is 7.15. The van der Waals surface area contributed by atoms with E-state index in [0.29, 0.717) is 19.0 Å². The van der Waals surface area contributed by atoms with E-state index in [0.717, 1.165) is 29.1 Å². The third kappa shape index (κ3) is 5.21. The summed E-state index contributed by atoms with van der Waals surface area (Å²) < 4.78 is 32.4. The van der Waals surface area contributed by atoms with Gasteiger partial charge in [0.2, 0.25) is 15.9 Å². The zero-order valence-electron chi connectivity index (χ0n) is 17.9. The Hall–Kier alpha value is -2.38. The van der Waals surface area contributed by atoms with Gasteiger partial charge in [0, 0.05) is 20.1 Å². The van der Waals surface area contributed by atoms with E-state index < -0.39 is 10.0 Å². The molecular formula is C23H30N2O4S.